The molecule has 1 amide bonds. The highest BCUT2D eigenvalue weighted by molar-refractivity contribution is 6.32. The number of carbonyl (C=O) groups excluding carboxylic acids is 1. The van der Waals surface area contributed by atoms with E-state index in [1.54, 1.807) is 12.1 Å². The third kappa shape index (κ3) is 6.43. The number of rotatable bonds is 10. The number of nitrogens with zero attached hydrogens (tertiary/aromatic N) is 1. The summed E-state index contributed by atoms with van der Waals surface area (Å²) < 4.78 is 10.5. The molecule has 0 aliphatic rings. The quantitative estimate of drug-likeness (QED) is 0.651. The highest BCUT2D eigenvalue weighted by Crippen LogP contribution is 2.35. The van der Waals surface area contributed by atoms with Crippen LogP contribution in [-0.4, -0.2) is 51.2 Å². The molecule has 0 saturated carbocycles. The van der Waals surface area contributed by atoms with Gasteiger partial charge in [0.2, 0.25) is 5.91 Å². The van der Waals surface area contributed by atoms with Crippen molar-refractivity contribution in [2.45, 2.75) is 6.42 Å². The summed E-state index contributed by atoms with van der Waals surface area (Å²) >= 11 is 6.10. The Morgan fingerprint density at radius 3 is 2.44 bits per heavy atom. The van der Waals surface area contributed by atoms with Crippen LogP contribution in [0, 0.1) is 0 Å². The Hall–Kier alpha value is -2.28. The number of hydrogen-bond donors (Lipinski definition) is 2. The molecule has 3 N–H and O–H groups in total. The van der Waals surface area contributed by atoms with Gasteiger partial charge in [-0.2, -0.15) is 0 Å². The van der Waals surface area contributed by atoms with Gasteiger partial charge in [-0.25, -0.2) is 0 Å². The molecular weight excluding hydrogens is 366 g/mol. The smallest absolute Gasteiger partial charge is 0.238 e. The van der Waals surface area contributed by atoms with Crippen LogP contribution in [-0.2, 0) is 11.2 Å². The van der Waals surface area contributed by atoms with Crippen LogP contribution in [0.5, 0.6) is 11.5 Å². The van der Waals surface area contributed by atoms with Crippen molar-refractivity contribution in [3.05, 3.63) is 53.1 Å². The van der Waals surface area contributed by atoms with Crippen molar-refractivity contribution in [3.63, 3.8) is 0 Å². The Morgan fingerprint density at radius 2 is 1.81 bits per heavy atom. The van der Waals surface area contributed by atoms with Crippen LogP contribution in [0.25, 0.3) is 0 Å². The molecule has 2 rings (SSSR count). The monoisotopic (exact) mass is 391 g/mol. The lowest BCUT2D eigenvalue weighted by Crippen LogP contribution is -2.38. The van der Waals surface area contributed by atoms with Gasteiger partial charge in [-0.15, -0.1) is 0 Å². The van der Waals surface area contributed by atoms with E-state index in [9.17, 15) is 4.79 Å². The van der Waals surface area contributed by atoms with E-state index in [0.29, 0.717) is 35.3 Å². The summed E-state index contributed by atoms with van der Waals surface area (Å²) in [5.74, 6) is 0.790. The molecule has 0 aliphatic heterocycles. The molecule has 2 aromatic carbocycles. The molecule has 0 heterocycles. The van der Waals surface area contributed by atoms with Gasteiger partial charge in [0.25, 0.3) is 0 Å². The van der Waals surface area contributed by atoms with E-state index in [1.165, 1.54) is 19.8 Å². The average molecular weight is 392 g/mol. The maximum atomic E-state index is 12.5. The molecule has 7 heteroatoms. The molecule has 0 radical (unpaired) electrons. The zero-order chi connectivity index (χ0) is 19.6. The maximum absolute atomic E-state index is 12.5. The number of amides is 1. The summed E-state index contributed by atoms with van der Waals surface area (Å²) in [6, 6.07) is 13.4. The summed E-state index contributed by atoms with van der Waals surface area (Å²) in [7, 11) is 3.04. The topological polar surface area (TPSA) is 76.8 Å². The first kappa shape index (κ1) is 21.0. The molecule has 0 aliphatic carbocycles. The van der Waals surface area contributed by atoms with Gasteiger partial charge in [-0.1, -0.05) is 41.9 Å². The van der Waals surface area contributed by atoms with Crippen molar-refractivity contribution in [1.29, 1.82) is 0 Å². The zero-order valence-corrected chi connectivity index (χ0v) is 16.5. The number of benzene rings is 2. The van der Waals surface area contributed by atoms with E-state index in [-0.39, 0.29) is 12.5 Å². The lowest BCUT2D eigenvalue weighted by Gasteiger charge is -2.21. The second kappa shape index (κ2) is 10.8. The van der Waals surface area contributed by atoms with Crippen LogP contribution < -0.4 is 20.5 Å². The molecule has 146 valence electrons. The summed E-state index contributed by atoms with van der Waals surface area (Å²) in [5, 5.41) is 3.28. The van der Waals surface area contributed by atoms with Crippen molar-refractivity contribution in [2.75, 3.05) is 45.7 Å². The predicted molar refractivity (Wildman–Crippen MR) is 109 cm³/mol. The van der Waals surface area contributed by atoms with Gasteiger partial charge in [0.1, 0.15) is 11.5 Å². The van der Waals surface area contributed by atoms with Crippen molar-refractivity contribution in [2.24, 2.45) is 5.73 Å². The number of nitrogens with one attached hydrogen (secondary N) is 1. The highest BCUT2D eigenvalue weighted by atomic mass is 35.5. The van der Waals surface area contributed by atoms with E-state index in [1.807, 2.05) is 23.1 Å². The number of nitrogens with two attached hydrogens (primary N) is 1. The number of carbonyl (C=O) groups is 1. The molecule has 2 aromatic rings. The maximum Gasteiger partial charge on any atom is 0.238 e. The lowest BCUT2D eigenvalue weighted by molar-refractivity contribution is -0.117. The summed E-state index contributed by atoms with van der Waals surface area (Å²) in [6.07, 6.45) is 0.853. The first-order valence-electron chi connectivity index (χ1n) is 8.75. The number of ether oxygens (including phenoxy) is 2. The second-order valence-electron chi connectivity index (χ2n) is 6.04. The van der Waals surface area contributed by atoms with E-state index in [2.05, 4.69) is 17.4 Å². The van der Waals surface area contributed by atoms with E-state index >= 15 is 0 Å². The first-order valence-corrected chi connectivity index (χ1v) is 9.13. The van der Waals surface area contributed by atoms with Gasteiger partial charge in [-0.3, -0.25) is 9.69 Å². The van der Waals surface area contributed by atoms with Gasteiger partial charge in [0, 0.05) is 31.8 Å². The fourth-order valence-electron chi connectivity index (χ4n) is 2.74. The highest BCUT2D eigenvalue weighted by Gasteiger charge is 2.15. The van der Waals surface area contributed by atoms with Gasteiger partial charge >= 0.3 is 0 Å². The van der Waals surface area contributed by atoms with Crippen LogP contribution in [0.1, 0.15) is 5.56 Å². The summed E-state index contributed by atoms with van der Waals surface area (Å²) in [4.78, 5) is 14.6. The van der Waals surface area contributed by atoms with Crippen molar-refractivity contribution in [1.82, 2.24) is 4.90 Å². The number of methoxy groups -OCH3 is 2. The van der Waals surface area contributed by atoms with E-state index in [0.717, 1.165) is 13.0 Å². The molecule has 27 heavy (non-hydrogen) atoms. The summed E-state index contributed by atoms with van der Waals surface area (Å²) in [5.41, 5.74) is 7.44. The largest absolute Gasteiger partial charge is 0.495 e. The third-order valence-electron chi connectivity index (χ3n) is 4.12. The molecule has 0 fully saturated rings. The van der Waals surface area contributed by atoms with Gasteiger partial charge in [0.05, 0.1) is 31.5 Å². The molecule has 0 saturated heterocycles. The lowest BCUT2D eigenvalue weighted by atomic mass is 10.1. The molecule has 0 bridgehead atoms. The third-order valence-corrected chi connectivity index (χ3v) is 4.42. The zero-order valence-electron chi connectivity index (χ0n) is 15.7. The van der Waals surface area contributed by atoms with E-state index < -0.39 is 0 Å². The molecule has 0 unspecified atom stereocenters. The Labute approximate surface area is 165 Å². The fraction of sp³-hybridized carbons (Fsp3) is 0.350. The van der Waals surface area contributed by atoms with Crippen LogP contribution in [0.2, 0.25) is 5.02 Å². The van der Waals surface area contributed by atoms with Crippen LogP contribution in [0.4, 0.5) is 5.69 Å². The Kier molecular flexibility index (Phi) is 8.39. The number of hydrogen-bond acceptors (Lipinski definition) is 5. The van der Waals surface area contributed by atoms with Gasteiger partial charge < -0.3 is 20.5 Å². The molecule has 0 atom stereocenters. The Bertz CT molecular complexity index is 741. The predicted octanol–water partition coefficient (Wildman–Crippen LogP) is 2.80. The number of halogens is 1. The first-order chi connectivity index (χ1) is 13.1. The summed E-state index contributed by atoms with van der Waals surface area (Å²) in [6.45, 7) is 2.11. The average Bonchev–Trinajstić information content (AvgIpc) is 2.68. The van der Waals surface area contributed by atoms with Gasteiger partial charge in [-0.05, 0) is 12.0 Å². The van der Waals surface area contributed by atoms with Gasteiger partial charge in [0.15, 0.2) is 0 Å². The molecular formula is C20H26ClN3O3. The fourth-order valence-corrected chi connectivity index (χ4v) is 2.97. The second-order valence-corrected chi connectivity index (χ2v) is 6.44. The standard InChI is InChI=1S/C20H26ClN3O3/c1-26-18-13-17(19(27-2)12-16(18)21)23-20(25)14-24(11-9-22)10-8-15-6-4-3-5-7-15/h3-7,12-13H,8-11,14,22H2,1-2H3,(H,23,25). The SMILES string of the molecule is COc1cc(NC(=O)CN(CCN)CCc2ccccc2)c(OC)cc1Cl. The Balaban J connectivity index is 2.01. The minimum Gasteiger partial charge on any atom is -0.495 e. The minimum absolute atomic E-state index is 0.154. The number of anilines is 1. The van der Waals surface area contributed by atoms with Crippen molar-refractivity contribution >= 4 is 23.2 Å². The minimum atomic E-state index is -0.154. The van der Waals surface area contributed by atoms with Crippen LogP contribution in [0.15, 0.2) is 42.5 Å². The molecule has 0 spiro atoms. The van der Waals surface area contributed by atoms with Crippen molar-refractivity contribution in [3.8, 4) is 11.5 Å². The van der Waals surface area contributed by atoms with E-state index in [4.69, 9.17) is 26.8 Å². The van der Waals surface area contributed by atoms with Crippen LogP contribution >= 0.6 is 11.6 Å². The molecule has 0 aromatic heterocycles. The normalized spacial score (nSPS) is 10.7. The van der Waals surface area contributed by atoms with Crippen LogP contribution in [0.3, 0.4) is 0 Å². The van der Waals surface area contributed by atoms with Crippen molar-refractivity contribution < 1.29 is 14.3 Å². The molecule has 6 nitrogen and oxygen atoms in total. The Morgan fingerprint density at radius 1 is 1.11 bits per heavy atom.